The molecule has 40 heavy (non-hydrogen) atoms. The Morgan fingerprint density at radius 2 is 1.77 bits per heavy atom. The molecule has 1 unspecified atom stereocenters. The van der Waals surface area contributed by atoms with Crippen LogP contribution in [0.1, 0.15) is 64.4 Å². The number of piperidine rings is 1. The average Bonchev–Trinajstić information content (AvgIpc) is 3.45. The average molecular weight is 557 g/mol. The van der Waals surface area contributed by atoms with Gasteiger partial charge in [-0.25, -0.2) is 9.59 Å². The van der Waals surface area contributed by atoms with Gasteiger partial charge in [-0.15, -0.1) is 0 Å². The van der Waals surface area contributed by atoms with Crippen molar-refractivity contribution in [2.45, 2.75) is 95.7 Å². The summed E-state index contributed by atoms with van der Waals surface area (Å²) in [7, 11) is 0. The van der Waals surface area contributed by atoms with Crippen molar-refractivity contribution in [3.63, 3.8) is 0 Å². The molecule has 218 valence electrons. The highest BCUT2D eigenvalue weighted by molar-refractivity contribution is 5.88. The maximum absolute atomic E-state index is 13.0. The normalized spacial score (nSPS) is 25.1. The van der Waals surface area contributed by atoms with Gasteiger partial charge < -0.3 is 35.1 Å². The minimum atomic E-state index is -0.892. The maximum Gasteiger partial charge on any atom is 0.410 e. The Morgan fingerprint density at radius 1 is 1.07 bits per heavy atom. The molecule has 3 aliphatic heterocycles. The van der Waals surface area contributed by atoms with Gasteiger partial charge >= 0.3 is 12.2 Å². The van der Waals surface area contributed by atoms with Crippen LogP contribution in [-0.4, -0.2) is 72.0 Å². The van der Waals surface area contributed by atoms with Crippen molar-refractivity contribution in [2.75, 3.05) is 6.54 Å². The predicted octanol–water partition coefficient (Wildman–Crippen LogP) is 2.67. The van der Waals surface area contributed by atoms with Gasteiger partial charge in [0.25, 0.3) is 0 Å². The lowest BCUT2D eigenvalue weighted by Crippen LogP contribution is -2.53. The molecule has 4 amide bonds. The molecule has 3 N–H and O–H groups in total. The molecule has 0 aromatic heterocycles. The molecule has 1 aromatic rings. The van der Waals surface area contributed by atoms with Crippen LogP contribution in [0.3, 0.4) is 0 Å². The highest BCUT2D eigenvalue weighted by atomic mass is 16.6. The molecular weight excluding hydrogens is 516 g/mol. The molecule has 3 aliphatic rings. The number of hydrogen-bond donors (Lipinski definition) is 3. The van der Waals surface area contributed by atoms with E-state index in [0.29, 0.717) is 38.5 Å². The molecule has 3 heterocycles. The van der Waals surface area contributed by atoms with E-state index in [9.17, 15) is 24.0 Å². The number of amides is 4. The SMILES string of the molecule is CC(C)C[C@H](NC(=O)OC1C[C@H]2CC[C@@H](C1)N2C(=O)OCc1ccccc1)C(=O)N[C@H](C=O)C[C@@H]1CCNC1=O. The zero-order valence-corrected chi connectivity index (χ0v) is 23.2. The summed E-state index contributed by atoms with van der Waals surface area (Å²) in [6.45, 7) is 4.62. The molecule has 1 aromatic carbocycles. The van der Waals surface area contributed by atoms with Crippen LogP contribution in [0, 0.1) is 11.8 Å². The first-order valence-corrected chi connectivity index (χ1v) is 14.2. The second-order valence-electron chi connectivity index (χ2n) is 11.4. The number of aldehydes is 1. The molecule has 2 bridgehead atoms. The van der Waals surface area contributed by atoms with Crippen molar-refractivity contribution in [3.8, 4) is 0 Å². The summed E-state index contributed by atoms with van der Waals surface area (Å²) < 4.78 is 11.3. The quantitative estimate of drug-likeness (QED) is 0.356. The Morgan fingerprint density at radius 3 is 2.38 bits per heavy atom. The van der Waals surface area contributed by atoms with E-state index in [1.165, 1.54) is 0 Å². The highest BCUT2D eigenvalue weighted by Crippen LogP contribution is 2.37. The molecule has 3 saturated heterocycles. The number of rotatable bonds is 11. The van der Waals surface area contributed by atoms with Crippen LogP contribution in [0.4, 0.5) is 9.59 Å². The van der Waals surface area contributed by atoms with Gasteiger partial charge in [-0.1, -0.05) is 44.2 Å². The minimum absolute atomic E-state index is 0.0734. The summed E-state index contributed by atoms with van der Waals surface area (Å²) in [5, 5.41) is 8.08. The van der Waals surface area contributed by atoms with Gasteiger partial charge in [0, 0.05) is 37.4 Å². The van der Waals surface area contributed by atoms with Gasteiger partial charge in [0.1, 0.15) is 25.0 Å². The third-order valence-electron chi connectivity index (χ3n) is 7.89. The lowest BCUT2D eigenvalue weighted by molar-refractivity contribution is -0.127. The summed E-state index contributed by atoms with van der Waals surface area (Å²) in [5.41, 5.74) is 0.918. The van der Waals surface area contributed by atoms with E-state index < -0.39 is 24.1 Å². The van der Waals surface area contributed by atoms with Crippen LogP contribution in [0.2, 0.25) is 0 Å². The van der Waals surface area contributed by atoms with Gasteiger partial charge in [-0.2, -0.15) is 0 Å². The Bertz CT molecular complexity index is 1050. The third kappa shape index (κ3) is 7.73. The molecule has 11 heteroatoms. The topological polar surface area (TPSA) is 143 Å². The van der Waals surface area contributed by atoms with Crippen molar-refractivity contribution >= 4 is 30.3 Å². The van der Waals surface area contributed by atoms with Gasteiger partial charge in [0.2, 0.25) is 11.8 Å². The number of alkyl carbamates (subject to hydrolysis) is 1. The van der Waals surface area contributed by atoms with Crippen molar-refractivity contribution in [2.24, 2.45) is 11.8 Å². The zero-order valence-electron chi connectivity index (χ0n) is 23.2. The largest absolute Gasteiger partial charge is 0.446 e. The maximum atomic E-state index is 13.0. The third-order valence-corrected chi connectivity index (χ3v) is 7.89. The first-order valence-electron chi connectivity index (χ1n) is 14.2. The summed E-state index contributed by atoms with van der Waals surface area (Å²) in [4.78, 5) is 64.0. The monoisotopic (exact) mass is 556 g/mol. The lowest BCUT2D eigenvalue weighted by Gasteiger charge is -2.37. The van der Waals surface area contributed by atoms with E-state index in [1.54, 1.807) is 4.90 Å². The number of fused-ring (bicyclic) bond motifs is 2. The number of ether oxygens (including phenoxy) is 2. The van der Waals surface area contributed by atoms with Crippen LogP contribution in [0.25, 0.3) is 0 Å². The van der Waals surface area contributed by atoms with Gasteiger partial charge in [0.05, 0.1) is 6.04 Å². The number of hydrogen-bond acceptors (Lipinski definition) is 7. The van der Waals surface area contributed by atoms with E-state index in [1.807, 2.05) is 44.2 Å². The number of nitrogens with one attached hydrogen (secondary N) is 3. The van der Waals surface area contributed by atoms with E-state index in [0.717, 1.165) is 18.4 Å². The van der Waals surface area contributed by atoms with Crippen molar-refractivity contribution in [1.82, 2.24) is 20.9 Å². The Balaban J connectivity index is 1.27. The molecule has 11 nitrogen and oxygen atoms in total. The lowest BCUT2D eigenvalue weighted by atomic mass is 9.98. The number of carbonyl (C=O) groups excluding carboxylic acids is 5. The first-order chi connectivity index (χ1) is 19.2. The van der Waals surface area contributed by atoms with E-state index >= 15 is 0 Å². The van der Waals surface area contributed by atoms with Gasteiger partial charge in [-0.3, -0.25) is 9.59 Å². The van der Waals surface area contributed by atoms with Crippen molar-refractivity contribution in [3.05, 3.63) is 35.9 Å². The van der Waals surface area contributed by atoms with Crippen LogP contribution >= 0.6 is 0 Å². The highest BCUT2D eigenvalue weighted by Gasteiger charge is 2.45. The fraction of sp³-hybridized carbons (Fsp3) is 0.621. The van der Waals surface area contributed by atoms with E-state index in [2.05, 4.69) is 16.0 Å². The fourth-order valence-corrected chi connectivity index (χ4v) is 5.95. The molecular formula is C29H40N4O7. The van der Waals surface area contributed by atoms with Crippen LogP contribution < -0.4 is 16.0 Å². The molecule has 6 atom stereocenters. The summed E-state index contributed by atoms with van der Waals surface area (Å²) in [6.07, 6.45) is 3.01. The van der Waals surface area contributed by atoms with Crippen molar-refractivity contribution in [1.29, 1.82) is 0 Å². The first kappa shape index (κ1) is 29.4. The van der Waals surface area contributed by atoms with Gasteiger partial charge in [-0.05, 0) is 43.6 Å². The number of benzene rings is 1. The molecule has 0 radical (unpaired) electrons. The van der Waals surface area contributed by atoms with Crippen LogP contribution in [-0.2, 0) is 30.5 Å². The molecule has 0 spiro atoms. The minimum Gasteiger partial charge on any atom is -0.446 e. The second kappa shape index (κ2) is 13.6. The second-order valence-corrected chi connectivity index (χ2v) is 11.4. The van der Waals surface area contributed by atoms with E-state index in [-0.39, 0.29) is 55.1 Å². The Labute approximate surface area is 234 Å². The zero-order chi connectivity index (χ0) is 28.6. The van der Waals surface area contributed by atoms with E-state index in [4.69, 9.17) is 9.47 Å². The molecule has 0 saturated carbocycles. The predicted molar refractivity (Wildman–Crippen MR) is 145 cm³/mol. The number of carbonyl (C=O) groups is 5. The fourth-order valence-electron chi connectivity index (χ4n) is 5.95. The molecule has 0 aliphatic carbocycles. The number of nitrogens with zero attached hydrogens (tertiary/aromatic N) is 1. The standard InChI is InChI=1S/C29H40N4O7/c1-18(2)12-25(27(36)31-21(16-34)13-20-10-11-30-26(20)35)32-28(37)40-24-14-22-8-9-23(15-24)33(22)29(38)39-17-19-6-4-3-5-7-19/h3-7,16,18,20-25H,8-15,17H2,1-2H3,(H,30,35)(H,31,36)(H,32,37)/t20-,21-,22-,23+,24?,25-/m0/s1. The Hall–Kier alpha value is -3.63. The summed E-state index contributed by atoms with van der Waals surface area (Å²) >= 11 is 0. The van der Waals surface area contributed by atoms with Crippen molar-refractivity contribution < 1.29 is 33.4 Å². The van der Waals surface area contributed by atoms with Crippen LogP contribution in [0.5, 0.6) is 0 Å². The Kier molecular flexibility index (Phi) is 10.0. The van der Waals surface area contributed by atoms with Gasteiger partial charge in [0.15, 0.2) is 0 Å². The molecule has 3 fully saturated rings. The summed E-state index contributed by atoms with van der Waals surface area (Å²) in [5.74, 6) is -0.843. The van der Waals surface area contributed by atoms with Crippen LogP contribution in [0.15, 0.2) is 30.3 Å². The summed E-state index contributed by atoms with van der Waals surface area (Å²) in [6, 6.07) is 7.64. The molecule has 4 rings (SSSR count). The smallest absolute Gasteiger partial charge is 0.410 e.